The maximum Gasteiger partial charge on any atom is 0.314 e. The lowest BCUT2D eigenvalue weighted by atomic mass is 10.2. The summed E-state index contributed by atoms with van der Waals surface area (Å²) in [7, 11) is 0. The molecule has 88 valence electrons. The van der Waals surface area contributed by atoms with Gasteiger partial charge in [-0.3, -0.25) is 4.79 Å². The van der Waals surface area contributed by atoms with E-state index in [0.717, 1.165) is 0 Å². The highest BCUT2D eigenvalue weighted by molar-refractivity contribution is 5.71. The summed E-state index contributed by atoms with van der Waals surface area (Å²) in [5.74, 6) is 0.147. The Labute approximate surface area is 101 Å². The Kier molecular flexibility index (Phi) is 2.26. The maximum atomic E-state index is 11.9. The zero-order valence-corrected chi connectivity index (χ0v) is 9.19. The van der Waals surface area contributed by atoms with Crippen molar-refractivity contribution in [1.82, 2.24) is 19.7 Å². The van der Waals surface area contributed by atoms with Gasteiger partial charge in [0.1, 0.15) is 0 Å². The van der Waals surface area contributed by atoms with E-state index in [1.165, 1.54) is 12.4 Å². The van der Waals surface area contributed by atoms with Crippen LogP contribution in [0.3, 0.4) is 0 Å². The molecule has 1 aromatic carbocycles. The minimum Gasteiger partial charge on any atom is -0.423 e. The van der Waals surface area contributed by atoms with Crippen LogP contribution >= 0.6 is 0 Å². The SMILES string of the molecule is O=c1c2nccnc2nc(-c2ccccc2)n1O. The number of nitrogens with zero attached hydrogens (tertiary/aromatic N) is 4. The first-order valence-electron chi connectivity index (χ1n) is 5.26. The van der Waals surface area contributed by atoms with Gasteiger partial charge in [0.05, 0.1) is 0 Å². The number of benzene rings is 1. The molecule has 6 heteroatoms. The second kappa shape index (κ2) is 3.92. The highest BCUT2D eigenvalue weighted by Crippen LogP contribution is 2.15. The Hall–Kier alpha value is -2.76. The number of hydrogen-bond acceptors (Lipinski definition) is 5. The molecule has 0 radical (unpaired) electrons. The average Bonchev–Trinajstić information content (AvgIpc) is 2.44. The van der Waals surface area contributed by atoms with Gasteiger partial charge in [0, 0.05) is 18.0 Å². The van der Waals surface area contributed by atoms with E-state index in [-0.39, 0.29) is 17.0 Å². The molecule has 0 atom stereocenters. The molecule has 0 bridgehead atoms. The van der Waals surface area contributed by atoms with Gasteiger partial charge in [0.15, 0.2) is 17.0 Å². The van der Waals surface area contributed by atoms with Crippen molar-refractivity contribution in [3.8, 4) is 11.4 Å². The third kappa shape index (κ3) is 1.51. The van der Waals surface area contributed by atoms with Gasteiger partial charge in [-0.2, -0.15) is 0 Å². The van der Waals surface area contributed by atoms with Crippen molar-refractivity contribution in [2.75, 3.05) is 0 Å². The number of fused-ring (bicyclic) bond motifs is 1. The molecule has 18 heavy (non-hydrogen) atoms. The Bertz CT molecular complexity index is 768. The van der Waals surface area contributed by atoms with Crippen molar-refractivity contribution in [2.45, 2.75) is 0 Å². The van der Waals surface area contributed by atoms with E-state index < -0.39 is 5.56 Å². The van der Waals surface area contributed by atoms with Crippen molar-refractivity contribution < 1.29 is 5.21 Å². The molecule has 0 fully saturated rings. The van der Waals surface area contributed by atoms with Crippen LogP contribution in [0.25, 0.3) is 22.6 Å². The molecule has 0 saturated heterocycles. The van der Waals surface area contributed by atoms with E-state index in [1.54, 1.807) is 24.3 Å². The van der Waals surface area contributed by atoms with E-state index in [4.69, 9.17) is 0 Å². The fraction of sp³-hybridized carbons (Fsp3) is 0. The fourth-order valence-electron chi connectivity index (χ4n) is 1.68. The van der Waals surface area contributed by atoms with Crippen molar-refractivity contribution in [3.63, 3.8) is 0 Å². The molecular weight excluding hydrogens is 232 g/mol. The van der Waals surface area contributed by atoms with Crippen molar-refractivity contribution in [3.05, 3.63) is 53.1 Å². The van der Waals surface area contributed by atoms with Crippen LogP contribution in [-0.2, 0) is 0 Å². The smallest absolute Gasteiger partial charge is 0.314 e. The lowest BCUT2D eigenvalue weighted by Crippen LogP contribution is -2.22. The van der Waals surface area contributed by atoms with Crippen molar-refractivity contribution in [1.29, 1.82) is 0 Å². The van der Waals surface area contributed by atoms with Gasteiger partial charge >= 0.3 is 5.56 Å². The molecule has 2 heterocycles. The molecule has 0 aliphatic heterocycles. The molecule has 2 aromatic heterocycles. The third-order valence-corrected chi connectivity index (χ3v) is 2.52. The summed E-state index contributed by atoms with van der Waals surface area (Å²) in [6.07, 6.45) is 2.83. The molecule has 0 amide bonds. The van der Waals surface area contributed by atoms with Crippen molar-refractivity contribution >= 4 is 11.2 Å². The molecule has 6 nitrogen and oxygen atoms in total. The first kappa shape index (κ1) is 10.4. The number of hydrogen-bond donors (Lipinski definition) is 1. The van der Waals surface area contributed by atoms with Gasteiger partial charge in [-0.25, -0.2) is 15.0 Å². The van der Waals surface area contributed by atoms with Gasteiger partial charge in [-0.1, -0.05) is 30.3 Å². The highest BCUT2D eigenvalue weighted by atomic mass is 16.5. The first-order chi connectivity index (χ1) is 8.77. The van der Waals surface area contributed by atoms with Gasteiger partial charge < -0.3 is 5.21 Å². The van der Waals surface area contributed by atoms with Crippen LogP contribution in [0.1, 0.15) is 0 Å². The van der Waals surface area contributed by atoms with E-state index in [9.17, 15) is 10.0 Å². The molecule has 0 saturated carbocycles. The zero-order valence-electron chi connectivity index (χ0n) is 9.19. The summed E-state index contributed by atoms with van der Waals surface area (Å²) in [5.41, 5.74) is 0.253. The number of rotatable bonds is 1. The summed E-state index contributed by atoms with van der Waals surface area (Å²) < 4.78 is 0.492. The Balaban J connectivity index is 2.38. The molecule has 3 aromatic rings. The quantitative estimate of drug-likeness (QED) is 0.644. The summed E-state index contributed by atoms with van der Waals surface area (Å²) in [6.45, 7) is 0. The van der Waals surface area contributed by atoms with Crippen LogP contribution in [-0.4, -0.2) is 24.9 Å². The lowest BCUT2D eigenvalue weighted by molar-refractivity contribution is 0.178. The fourth-order valence-corrected chi connectivity index (χ4v) is 1.68. The summed E-state index contributed by atoms with van der Waals surface area (Å²) in [4.78, 5) is 23.9. The van der Waals surface area contributed by atoms with Crippen LogP contribution in [0.5, 0.6) is 0 Å². The molecule has 0 aliphatic carbocycles. The molecule has 0 aliphatic rings. The summed E-state index contributed by atoms with van der Waals surface area (Å²) in [5, 5.41) is 9.82. The Morgan fingerprint density at radius 2 is 1.78 bits per heavy atom. The molecule has 1 N–H and O–H groups in total. The van der Waals surface area contributed by atoms with E-state index in [2.05, 4.69) is 15.0 Å². The third-order valence-electron chi connectivity index (χ3n) is 2.52. The summed E-state index contributed by atoms with van der Waals surface area (Å²) >= 11 is 0. The van der Waals surface area contributed by atoms with Crippen LogP contribution in [0, 0.1) is 0 Å². The second-order valence-corrected chi connectivity index (χ2v) is 3.65. The zero-order chi connectivity index (χ0) is 12.5. The maximum absolute atomic E-state index is 11.9. The largest absolute Gasteiger partial charge is 0.423 e. The first-order valence-corrected chi connectivity index (χ1v) is 5.26. The minimum atomic E-state index is -0.632. The van der Waals surface area contributed by atoms with E-state index >= 15 is 0 Å². The van der Waals surface area contributed by atoms with Crippen LogP contribution in [0.15, 0.2) is 47.5 Å². The predicted molar refractivity (Wildman–Crippen MR) is 64.2 cm³/mol. The van der Waals surface area contributed by atoms with Crippen LogP contribution < -0.4 is 5.56 Å². The average molecular weight is 240 g/mol. The minimum absolute atomic E-state index is 0.0414. The van der Waals surface area contributed by atoms with E-state index in [1.807, 2.05) is 6.07 Å². The normalized spacial score (nSPS) is 10.7. The second-order valence-electron chi connectivity index (χ2n) is 3.65. The molecule has 3 rings (SSSR count). The highest BCUT2D eigenvalue weighted by Gasteiger charge is 2.12. The summed E-state index contributed by atoms with van der Waals surface area (Å²) in [6, 6.07) is 8.92. The molecule has 0 unspecified atom stereocenters. The molecular formula is C12H8N4O2. The Morgan fingerprint density at radius 3 is 2.56 bits per heavy atom. The van der Waals surface area contributed by atoms with Gasteiger partial charge in [-0.15, -0.1) is 4.73 Å². The number of aromatic nitrogens is 4. The van der Waals surface area contributed by atoms with Gasteiger partial charge in [0.2, 0.25) is 0 Å². The van der Waals surface area contributed by atoms with Crippen LogP contribution in [0.4, 0.5) is 0 Å². The van der Waals surface area contributed by atoms with Gasteiger partial charge in [0.25, 0.3) is 0 Å². The van der Waals surface area contributed by atoms with Crippen LogP contribution in [0.2, 0.25) is 0 Å². The lowest BCUT2D eigenvalue weighted by Gasteiger charge is -2.06. The monoisotopic (exact) mass is 240 g/mol. The van der Waals surface area contributed by atoms with Gasteiger partial charge in [-0.05, 0) is 0 Å². The van der Waals surface area contributed by atoms with Crippen molar-refractivity contribution in [2.24, 2.45) is 0 Å². The van der Waals surface area contributed by atoms with E-state index in [0.29, 0.717) is 10.3 Å². The topological polar surface area (TPSA) is 80.9 Å². The standard InChI is InChI=1S/C12H8N4O2/c17-12-9-10(14-7-6-13-9)15-11(16(12)18)8-4-2-1-3-5-8/h1-7,18H. The Morgan fingerprint density at radius 1 is 1.06 bits per heavy atom. The predicted octanol–water partition coefficient (Wildman–Crippen LogP) is 1.09. The molecule has 0 spiro atoms.